The monoisotopic (exact) mass is 189 g/mol. The summed E-state index contributed by atoms with van der Waals surface area (Å²) in [4.78, 5) is 4.06. The third kappa shape index (κ3) is 1.51. The molecule has 0 spiro atoms. The summed E-state index contributed by atoms with van der Waals surface area (Å²) in [5.74, 6) is 0.946. The van der Waals surface area contributed by atoms with E-state index in [2.05, 4.69) is 29.0 Å². The van der Waals surface area contributed by atoms with Gasteiger partial charge in [0.2, 0.25) is 12.3 Å². The lowest BCUT2D eigenvalue weighted by atomic mass is 9.99. The van der Waals surface area contributed by atoms with Crippen molar-refractivity contribution in [3.8, 4) is 11.5 Å². The van der Waals surface area contributed by atoms with Crippen molar-refractivity contribution in [3.63, 3.8) is 0 Å². The van der Waals surface area contributed by atoms with E-state index in [1.54, 1.807) is 12.4 Å². The average Bonchev–Trinajstić information content (AvgIpc) is 2.70. The van der Waals surface area contributed by atoms with E-state index in [4.69, 9.17) is 4.42 Å². The molecular weight excluding hydrogens is 178 g/mol. The van der Waals surface area contributed by atoms with Crippen LogP contribution in [0.4, 0.5) is 0 Å². The predicted molar refractivity (Wildman–Crippen MR) is 51.6 cm³/mol. The molecule has 2 heterocycles. The van der Waals surface area contributed by atoms with Crippen LogP contribution in [0.25, 0.3) is 11.5 Å². The van der Waals surface area contributed by atoms with Crippen molar-refractivity contribution < 1.29 is 4.42 Å². The van der Waals surface area contributed by atoms with Crippen LogP contribution in [0.2, 0.25) is 0 Å². The number of pyridine rings is 1. The highest BCUT2D eigenvalue weighted by Crippen LogP contribution is 2.26. The van der Waals surface area contributed by atoms with Gasteiger partial charge in [0.25, 0.3) is 0 Å². The summed E-state index contributed by atoms with van der Waals surface area (Å²) >= 11 is 0. The van der Waals surface area contributed by atoms with Gasteiger partial charge in [-0.1, -0.05) is 13.8 Å². The fourth-order valence-electron chi connectivity index (χ4n) is 1.38. The van der Waals surface area contributed by atoms with Gasteiger partial charge in [0.15, 0.2) is 0 Å². The Morgan fingerprint density at radius 3 is 2.86 bits per heavy atom. The van der Waals surface area contributed by atoms with Crippen LogP contribution in [-0.2, 0) is 0 Å². The van der Waals surface area contributed by atoms with Crippen molar-refractivity contribution in [3.05, 3.63) is 30.4 Å². The second kappa shape index (κ2) is 3.57. The smallest absolute Gasteiger partial charge is 0.249 e. The number of hydrogen-bond acceptors (Lipinski definition) is 4. The van der Waals surface area contributed by atoms with Gasteiger partial charge in [0.1, 0.15) is 0 Å². The van der Waals surface area contributed by atoms with Crippen molar-refractivity contribution >= 4 is 0 Å². The van der Waals surface area contributed by atoms with E-state index < -0.39 is 0 Å². The van der Waals surface area contributed by atoms with Crippen molar-refractivity contribution in [2.75, 3.05) is 0 Å². The van der Waals surface area contributed by atoms with E-state index in [-0.39, 0.29) is 0 Å². The van der Waals surface area contributed by atoms with Gasteiger partial charge in [0, 0.05) is 12.4 Å². The van der Waals surface area contributed by atoms with E-state index in [1.165, 1.54) is 12.0 Å². The van der Waals surface area contributed by atoms with Gasteiger partial charge < -0.3 is 4.42 Å². The van der Waals surface area contributed by atoms with Gasteiger partial charge in [-0.2, -0.15) is 0 Å². The Morgan fingerprint density at radius 2 is 2.21 bits per heavy atom. The Kier molecular flexibility index (Phi) is 2.26. The molecule has 0 saturated heterocycles. The maximum atomic E-state index is 5.15. The second-order valence-corrected chi connectivity index (χ2v) is 3.36. The standard InChI is InChI=1S/C10H11N3O/c1-7(2)8-3-4-11-5-9(8)10-13-12-6-14-10/h3-7H,1-2H3. The van der Waals surface area contributed by atoms with E-state index in [0.717, 1.165) is 5.56 Å². The number of nitrogens with zero attached hydrogens (tertiary/aromatic N) is 3. The van der Waals surface area contributed by atoms with Crippen LogP contribution in [0.1, 0.15) is 25.3 Å². The summed E-state index contributed by atoms with van der Waals surface area (Å²) in [5.41, 5.74) is 2.09. The molecule has 0 N–H and O–H groups in total. The van der Waals surface area contributed by atoms with E-state index in [9.17, 15) is 0 Å². The molecule has 0 unspecified atom stereocenters. The first kappa shape index (κ1) is 8.87. The average molecular weight is 189 g/mol. The van der Waals surface area contributed by atoms with Gasteiger partial charge in [-0.05, 0) is 17.5 Å². The Bertz CT molecular complexity index is 409. The Morgan fingerprint density at radius 1 is 1.36 bits per heavy atom. The minimum atomic E-state index is 0.417. The zero-order valence-corrected chi connectivity index (χ0v) is 8.14. The maximum absolute atomic E-state index is 5.15. The van der Waals surface area contributed by atoms with Gasteiger partial charge in [0.05, 0.1) is 5.56 Å². The van der Waals surface area contributed by atoms with E-state index >= 15 is 0 Å². The molecule has 2 rings (SSSR count). The van der Waals surface area contributed by atoms with Crippen LogP contribution in [0, 0.1) is 0 Å². The molecule has 2 aromatic heterocycles. The predicted octanol–water partition coefficient (Wildman–Crippen LogP) is 2.25. The van der Waals surface area contributed by atoms with Gasteiger partial charge >= 0.3 is 0 Å². The lowest BCUT2D eigenvalue weighted by molar-refractivity contribution is 0.567. The highest BCUT2D eigenvalue weighted by atomic mass is 16.4. The molecule has 0 amide bonds. The molecule has 72 valence electrons. The summed E-state index contributed by atoms with van der Waals surface area (Å²) in [5, 5.41) is 7.53. The first-order valence-corrected chi connectivity index (χ1v) is 4.49. The Balaban J connectivity index is 2.53. The molecule has 0 aromatic carbocycles. The van der Waals surface area contributed by atoms with E-state index in [1.807, 2.05) is 6.07 Å². The number of aromatic nitrogens is 3. The molecule has 14 heavy (non-hydrogen) atoms. The SMILES string of the molecule is CC(C)c1ccncc1-c1nnco1. The fourth-order valence-corrected chi connectivity index (χ4v) is 1.38. The minimum absolute atomic E-state index is 0.417. The molecular formula is C10H11N3O. The van der Waals surface area contributed by atoms with Crippen LogP contribution in [0.3, 0.4) is 0 Å². The van der Waals surface area contributed by atoms with Crippen LogP contribution in [0.15, 0.2) is 29.3 Å². The molecule has 0 bridgehead atoms. The minimum Gasteiger partial charge on any atom is -0.423 e. The molecule has 4 nitrogen and oxygen atoms in total. The summed E-state index contributed by atoms with van der Waals surface area (Å²) in [7, 11) is 0. The summed E-state index contributed by atoms with van der Waals surface area (Å²) in [6.45, 7) is 4.24. The van der Waals surface area contributed by atoms with Gasteiger partial charge in [-0.25, -0.2) is 0 Å². The zero-order chi connectivity index (χ0) is 9.97. The first-order valence-electron chi connectivity index (χ1n) is 4.49. The van der Waals surface area contributed by atoms with Crippen LogP contribution >= 0.6 is 0 Å². The van der Waals surface area contributed by atoms with Crippen LogP contribution < -0.4 is 0 Å². The normalized spacial score (nSPS) is 10.8. The summed E-state index contributed by atoms with van der Waals surface area (Å²) in [6.07, 6.45) is 4.85. The van der Waals surface area contributed by atoms with Crippen LogP contribution in [-0.4, -0.2) is 15.2 Å². The van der Waals surface area contributed by atoms with Gasteiger partial charge in [-0.3, -0.25) is 4.98 Å². The van der Waals surface area contributed by atoms with Crippen molar-refractivity contribution in [1.82, 2.24) is 15.2 Å². The van der Waals surface area contributed by atoms with Crippen molar-refractivity contribution in [1.29, 1.82) is 0 Å². The molecule has 2 aromatic rings. The van der Waals surface area contributed by atoms with E-state index in [0.29, 0.717) is 11.8 Å². The third-order valence-electron chi connectivity index (χ3n) is 2.07. The third-order valence-corrected chi connectivity index (χ3v) is 2.07. The molecule has 0 fully saturated rings. The fraction of sp³-hybridized carbons (Fsp3) is 0.300. The number of rotatable bonds is 2. The summed E-state index contributed by atoms with van der Waals surface area (Å²) in [6, 6.07) is 1.98. The molecule has 0 radical (unpaired) electrons. The molecule has 4 heteroatoms. The topological polar surface area (TPSA) is 51.8 Å². The highest BCUT2D eigenvalue weighted by Gasteiger charge is 2.11. The van der Waals surface area contributed by atoms with Crippen molar-refractivity contribution in [2.45, 2.75) is 19.8 Å². The summed E-state index contributed by atoms with van der Waals surface area (Å²) < 4.78 is 5.15. The second-order valence-electron chi connectivity index (χ2n) is 3.36. The maximum Gasteiger partial charge on any atom is 0.249 e. The lowest BCUT2D eigenvalue weighted by Crippen LogP contribution is -1.93. The lowest BCUT2D eigenvalue weighted by Gasteiger charge is -2.07. The zero-order valence-electron chi connectivity index (χ0n) is 8.14. The number of hydrogen-bond donors (Lipinski definition) is 0. The van der Waals surface area contributed by atoms with Gasteiger partial charge in [-0.15, -0.1) is 10.2 Å². The Hall–Kier alpha value is -1.71. The Labute approximate surface area is 82.0 Å². The van der Waals surface area contributed by atoms with Crippen LogP contribution in [0.5, 0.6) is 0 Å². The molecule has 0 aliphatic carbocycles. The quantitative estimate of drug-likeness (QED) is 0.727. The largest absolute Gasteiger partial charge is 0.423 e. The molecule has 0 atom stereocenters. The highest BCUT2D eigenvalue weighted by molar-refractivity contribution is 5.57. The van der Waals surface area contributed by atoms with Crippen molar-refractivity contribution in [2.24, 2.45) is 0 Å². The first-order chi connectivity index (χ1) is 6.79. The molecule has 0 aliphatic rings. The molecule has 0 saturated carbocycles. The molecule has 0 aliphatic heterocycles.